The van der Waals surface area contributed by atoms with Crippen molar-refractivity contribution in [2.45, 2.75) is 45.8 Å². The fourth-order valence-corrected chi connectivity index (χ4v) is 3.31. The van der Waals surface area contributed by atoms with Crippen molar-refractivity contribution in [2.75, 3.05) is 4.90 Å². The van der Waals surface area contributed by atoms with Crippen molar-refractivity contribution in [1.82, 2.24) is 0 Å². The summed E-state index contributed by atoms with van der Waals surface area (Å²) in [5.74, 6) is -0.244. The number of hydrogen-bond acceptors (Lipinski definition) is 3. The Balaban J connectivity index is 2.02. The molecule has 0 fully saturated rings. The lowest BCUT2D eigenvalue weighted by molar-refractivity contribution is -0.149. The van der Waals surface area contributed by atoms with E-state index in [4.69, 9.17) is 4.74 Å². The van der Waals surface area contributed by atoms with Gasteiger partial charge in [0, 0.05) is 30.0 Å². The summed E-state index contributed by atoms with van der Waals surface area (Å²) in [5.41, 5.74) is 3.47. The van der Waals surface area contributed by atoms with Crippen molar-refractivity contribution in [3.8, 4) is 0 Å². The van der Waals surface area contributed by atoms with Crippen LogP contribution in [-0.4, -0.2) is 17.9 Å². The Kier molecular flexibility index (Phi) is 4.88. The summed E-state index contributed by atoms with van der Waals surface area (Å²) < 4.78 is 5.65. The van der Waals surface area contributed by atoms with E-state index in [0.29, 0.717) is 18.4 Å². The Morgan fingerprint density at radius 3 is 2.56 bits per heavy atom. The van der Waals surface area contributed by atoms with Crippen LogP contribution in [0.3, 0.4) is 0 Å². The molecule has 0 radical (unpaired) electrons. The Hall–Kier alpha value is -2.62. The number of anilines is 1. The molecule has 4 heteroatoms. The van der Waals surface area contributed by atoms with Crippen LogP contribution >= 0.6 is 0 Å². The van der Waals surface area contributed by atoms with Crippen molar-refractivity contribution in [2.24, 2.45) is 0 Å². The van der Waals surface area contributed by atoms with Crippen LogP contribution in [0, 0.1) is 6.92 Å². The molecule has 130 valence electrons. The molecule has 0 saturated carbocycles. The third-order valence-electron chi connectivity index (χ3n) is 4.59. The SMILES string of the molecule is CCC(=O)O[C@@H]1C[C@@H](C)N(C(=O)c2ccccc2)c2ccc(C)cc21. The number of rotatable bonds is 3. The number of carbonyl (C=O) groups is 2. The first-order valence-corrected chi connectivity index (χ1v) is 8.70. The van der Waals surface area contributed by atoms with E-state index < -0.39 is 0 Å². The zero-order valence-corrected chi connectivity index (χ0v) is 14.9. The Bertz CT molecular complexity index is 785. The number of aryl methyl sites for hydroxylation is 1. The minimum atomic E-state index is -0.308. The molecule has 0 bridgehead atoms. The van der Waals surface area contributed by atoms with E-state index in [1.165, 1.54) is 0 Å². The number of amides is 1. The summed E-state index contributed by atoms with van der Waals surface area (Å²) in [5, 5.41) is 0. The molecule has 0 saturated heterocycles. The summed E-state index contributed by atoms with van der Waals surface area (Å²) in [7, 11) is 0. The number of esters is 1. The third-order valence-corrected chi connectivity index (χ3v) is 4.59. The maximum Gasteiger partial charge on any atom is 0.306 e. The van der Waals surface area contributed by atoms with Gasteiger partial charge in [-0.2, -0.15) is 0 Å². The van der Waals surface area contributed by atoms with Gasteiger partial charge < -0.3 is 9.64 Å². The molecule has 1 aliphatic rings. The van der Waals surface area contributed by atoms with Gasteiger partial charge in [-0.3, -0.25) is 9.59 Å². The van der Waals surface area contributed by atoms with Crippen LogP contribution in [0.2, 0.25) is 0 Å². The molecule has 25 heavy (non-hydrogen) atoms. The number of ether oxygens (including phenoxy) is 1. The first-order valence-electron chi connectivity index (χ1n) is 8.70. The second-order valence-corrected chi connectivity index (χ2v) is 6.52. The van der Waals surface area contributed by atoms with Gasteiger partial charge in [-0.25, -0.2) is 0 Å². The fourth-order valence-electron chi connectivity index (χ4n) is 3.31. The van der Waals surface area contributed by atoms with Crippen LogP contribution in [0.25, 0.3) is 0 Å². The molecule has 2 aromatic carbocycles. The first kappa shape index (κ1) is 17.2. The molecule has 4 nitrogen and oxygen atoms in total. The highest BCUT2D eigenvalue weighted by atomic mass is 16.5. The summed E-state index contributed by atoms with van der Waals surface area (Å²) in [6.45, 7) is 5.79. The second kappa shape index (κ2) is 7.09. The van der Waals surface area contributed by atoms with E-state index in [-0.39, 0.29) is 24.0 Å². The maximum absolute atomic E-state index is 13.1. The molecule has 2 atom stereocenters. The minimum Gasteiger partial charge on any atom is -0.457 e. The second-order valence-electron chi connectivity index (χ2n) is 6.52. The van der Waals surface area contributed by atoms with Crippen LogP contribution in [0.1, 0.15) is 54.3 Å². The molecule has 1 heterocycles. The topological polar surface area (TPSA) is 46.6 Å². The lowest BCUT2D eigenvalue weighted by Gasteiger charge is -2.39. The number of carbonyl (C=O) groups excluding carboxylic acids is 2. The van der Waals surface area contributed by atoms with Gasteiger partial charge in [-0.1, -0.05) is 42.8 Å². The minimum absolute atomic E-state index is 0.0292. The highest BCUT2D eigenvalue weighted by Gasteiger charge is 2.35. The van der Waals surface area contributed by atoms with Gasteiger partial charge in [0.05, 0.1) is 5.69 Å². The largest absolute Gasteiger partial charge is 0.457 e. The van der Waals surface area contributed by atoms with Crippen molar-refractivity contribution in [3.05, 3.63) is 65.2 Å². The van der Waals surface area contributed by atoms with Crippen LogP contribution in [-0.2, 0) is 9.53 Å². The highest BCUT2D eigenvalue weighted by Crippen LogP contribution is 2.40. The zero-order valence-electron chi connectivity index (χ0n) is 14.9. The van der Waals surface area contributed by atoms with Gasteiger partial charge >= 0.3 is 5.97 Å². The molecular formula is C21H23NO3. The first-order chi connectivity index (χ1) is 12.0. The Labute approximate surface area is 148 Å². The number of benzene rings is 2. The predicted octanol–water partition coefficient (Wildman–Crippen LogP) is 4.43. The molecule has 0 aliphatic carbocycles. The van der Waals surface area contributed by atoms with Gasteiger partial charge in [0.2, 0.25) is 0 Å². The molecule has 2 aromatic rings. The van der Waals surface area contributed by atoms with E-state index in [1.807, 2.05) is 67.3 Å². The third kappa shape index (κ3) is 3.43. The van der Waals surface area contributed by atoms with Gasteiger partial charge in [0.1, 0.15) is 6.10 Å². The van der Waals surface area contributed by atoms with E-state index in [1.54, 1.807) is 6.92 Å². The smallest absolute Gasteiger partial charge is 0.306 e. The van der Waals surface area contributed by atoms with Gasteiger partial charge in [0.15, 0.2) is 0 Å². The maximum atomic E-state index is 13.1. The average Bonchev–Trinajstić information content (AvgIpc) is 2.62. The van der Waals surface area contributed by atoms with Gasteiger partial charge in [0.25, 0.3) is 5.91 Å². The fraction of sp³-hybridized carbons (Fsp3) is 0.333. The van der Waals surface area contributed by atoms with E-state index in [0.717, 1.165) is 16.8 Å². The average molecular weight is 337 g/mol. The predicted molar refractivity (Wildman–Crippen MR) is 97.6 cm³/mol. The Morgan fingerprint density at radius 1 is 1.16 bits per heavy atom. The van der Waals surface area contributed by atoms with Crippen LogP contribution in [0.4, 0.5) is 5.69 Å². The van der Waals surface area contributed by atoms with Crippen LogP contribution in [0.15, 0.2) is 48.5 Å². The quantitative estimate of drug-likeness (QED) is 0.779. The molecule has 0 spiro atoms. The van der Waals surface area contributed by atoms with Crippen molar-refractivity contribution in [1.29, 1.82) is 0 Å². The monoisotopic (exact) mass is 337 g/mol. The van der Waals surface area contributed by atoms with E-state index in [9.17, 15) is 9.59 Å². The summed E-state index contributed by atoms with van der Waals surface area (Å²) in [6, 6.07) is 15.2. The number of nitrogens with zero attached hydrogens (tertiary/aromatic N) is 1. The molecule has 0 N–H and O–H groups in total. The Morgan fingerprint density at radius 2 is 1.88 bits per heavy atom. The molecule has 3 rings (SSSR count). The van der Waals surface area contributed by atoms with Crippen LogP contribution < -0.4 is 4.90 Å². The lowest BCUT2D eigenvalue weighted by atomic mass is 9.91. The molecule has 1 amide bonds. The van der Waals surface area contributed by atoms with Crippen molar-refractivity contribution < 1.29 is 14.3 Å². The summed E-state index contributed by atoms with van der Waals surface area (Å²) in [6.07, 6.45) is 0.636. The molecular weight excluding hydrogens is 314 g/mol. The van der Waals surface area contributed by atoms with Gasteiger partial charge in [-0.05, 0) is 32.0 Å². The standard InChI is InChI=1S/C21H23NO3/c1-4-20(23)25-19-13-15(3)22(18-11-10-14(2)12-17(18)19)21(24)16-8-6-5-7-9-16/h5-12,15,19H,4,13H2,1-3H3/t15-,19-/m1/s1. The van der Waals surface area contributed by atoms with Crippen LogP contribution in [0.5, 0.6) is 0 Å². The molecule has 0 aromatic heterocycles. The van der Waals surface area contributed by atoms with E-state index >= 15 is 0 Å². The van der Waals surface area contributed by atoms with E-state index in [2.05, 4.69) is 0 Å². The summed E-state index contributed by atoms with van der Waals surface area (Å²) >= 11 is 0. The zero-order chi connectivity index (χ0) is 18.0. The molecule has 1 aliphatic heterocycles. The molecule has 0 unspecified atom stereocenters. The summed E-state index contributed by atoms with van der Waals surface area (Å²) in [4.78, 5) is 26.7. The van der Waals surface area contributed by atoms with Gasteiger partial charge in [-0.15, -0.1) is 0 Å². The number of hydrogen-bond donors (Lipinski definition) is 0. The highest BCUT2D eigenvalue weighted by molar-refractivity contribution is 6.07. The number of fused-ring (bicyclic) bond motifs is 1. The normalized spacial score (nSPS) is 19.2. The van der Waals surface area contributed by atoms with Crippen molar-refractivity contribution in [3.63, 3.8) is 0 Å². The van der Waals surface area contributed by atoms with Crippen molar-refractivity contribution >= 4 is 17.6 Å². The lowest BCUT2D eigenvalue weighted by Crippen LogP contribution is -2.44.